The van der Waals surface area contributed by atoms with E-state index in [4.69, 9.17) is 6.35 Å². The van der Waals surface area contributed by atoms with Crippen LogP contribution < -0.4 is 26.2 Å². The Morgan fingerprint density at radius 2 is 0.699 bits per heavy atom. The molecule has 2 aliphatic heterocycles. The summed E-state index contributed by atoms with van der Waals surface area (Å²) >= 11 is 0. The molecule has 16 aromatic rings. The van der Waals surface area contributed by atoms with Crippen LogP contribution in [0.25, 0.3) is 111 Å². The summed E-state index contributed by atoms with van der Waals surface area (Å²) in [7, 11) is 0. The summed E-state index contributed by atoms with van der Waals surface area (Å²) in [5.41, 5.74) is 20.2. The topological polar surface area (TPSA) is 29.2 Å². The van der Waals surface area contributed by atoms with Crippen molar-refractivity contribution in [3.05, 3.63) is 325 Å². The van der Waals surface area contributed by atoms with Crippen LogP contribution in [0.2, 0.25) is 0 Å². The van der Waals surface area contributed by atoms with Crippen LogP contribution >= 0.6 is 0 Å². The molecule has 0 spiro atoms. The fourth-order valence-electron chi connectivity index (χ4n) is 17.2. The zero-order chi connectivity index (χ0) is 90.1. The Balaban J connectivity index is 1.13. The van der Waals surface area contributed by atoms with Crippen LogP contribution in [-0.2, 0) is 32.5 Å². The van der Waals surface area contributed by atoms with E-state index in [-0.39, 0.29) is 61.4 Å². The van der Waals surface area contributed by atoms with Crippen LogP contribution in [0.15, 0.2) is 291 Å². The van der Waals surface area contributed by atoms with Gasteiger partial charge in [-0.25, -0.2) is 0 Å². The van der Waals surface area contributed by atoms with Crippen molar-refractivity contribution >= 4 is 101 Å². The van der Waals surface area contributed by atoms with Crippen LogP contribution in [0.3, 0.4) is 0 Å². The Labute approximate surface area is 687 Å². The average molecular weight is 1480 g/mol. The molecule has 0 saturated heterocycles. The van der Waals surface area contributed by atoms with Crippen molar-refractivity contribution < 1.29 is 17.8 Å². The van der Waals surface area contributed by atoms with E-state index in [2.05, 4.69) is 291 Å². The predicted molar refractivity (Wildman–Crippen MR) is 486 cm³/mol. The smallest absolute Gasteiger partial charge is 0.252 e. The number of nitrogens with zero attached hydrogens (tertiary/aromatic N) is 5. The number of hydrogen-bond donors (Lipinski definition) is 0. The fourth-order valence-corrected chi connectivity index (χ4v) is 17.2. The maximum atomic E-state index is 10.4. The molecule has 558 valence electrons. The Kier molecular flexibility index (Phi) is 13.8. The number of rotatable bonds is 9. The molecule has 5 heterocycles. The maximum Gasteiger partial charge on any atom is 0.252 e. The molecule has 6 heteroatoms. The van der Waals surface area contributed by atoms with E-state index in [0.29, 0.717) is 28.3 Å². The van der Waals surface area contributed by atoms with Gasteiger partial charge in [-0.1, -0.05) is 318 Å². The minimum Gasteiger partial charge on any atom is -0.310 e. The highest BCUT2D eigenvalue weighted by atomic mass is 15.2. The van der Waals surface area contributed by atoms with Gasteiger partial charge in [0.05, 0.1) is 62.6 Å². The van der Waals surface area contributed by atoms with E-state index in [0.717, 1.165) is 122 Å². The highest BCUT2D eigenvalue weighted by Gasteiger charge is 2.47. The fraction of sp³-hybridized carbons (Fsp3) is 0.224. The third kappa shape index (κ3) is 12.4. The van der Waals surface area contributed by atoms with E-state index in [1.54, 1.807) is 4.57 Å². The van der Waals surface area contributed by atoms with Crippen molar-refractivity contribution in [1.82, 2.24) is 14.1 Å². The second-order valence-electron chi connectivity index (χ2n) is 37.1. The van der Waals surface area contributed by atoms with Crippen molar-refractivity contribution in [3.8, 4) is 67.0 Å². The summed E-state index contributed by atoms with van der Waals surface area (Å²) in [4.78, 5) is 10.5. The lowest BCUT2D eigenvalue weighted by atomic mass is 9.33. The summed E-state index contributed by atoms with van der Waals surface area (Å²) in [5.74, 6) is 0. The third-order valence-electron chi connectivity index (χ3n) is 23.2. The molecule has 0 bridgehead atoms. The van der Waals surface area contributed by atoms with Gasteiger partial charge in [-0.15, -0.1) is 0 Å². The second-order valence-corrected chi connectivity index (χ2v) is 37.1. The van der Waals surface area contributed by atoms with Gasteiger partial charge in [-0.05, 0) is 185 Å². The third-order valence-corrected chi connectivity index (χ3v) is 23.2. The van der Waals surface area contributed by atoms with Crippen molar-refractivity contribution in [2.75, 3.05) is 9.80 Å². The van der Waals surface area contributed by atoms with E-state index < -0.39 is 89.4 Å². The number of para-hydroxylation sites is 2. The lowest BCUT2D eigenvalue weighted by molar-refractivity contribution is 0.532. The number of hydrogen-bond acceptors (Lipinski definition) is 3. The van der Waals surface area contributed by atoms with Crippen LogP contribution in [0.4, 0.5) is 34.1 Å². The number of benzene rings is 13. The normalized spacial score (nSPS) is 15.0. The van der Waals surface area contributed by atoms with E-state index in [1.807, 2.05) is 60.7 Å². The Hall–Kier alpha value is -11.7. The summed E-state index contributed by atoms with van der Waals surface area (Å²) in [6.07, 6.45) is 0. The molecule has 0 N–H and O–H groups in total. The highest BCUT2D eigenvalue weighted by Crippen LogP contribution is 2.57. The Morgan fingerprint density at radius 1 is 0.283 bits per heavy atom. The quantitative estimate of drug-likeness (QED) is 0.135. The lowest BCUT2D eigenvalue weighted by Gasteiger charge is -2.46. The first-order valence-corrected chi connectivity index (χ1v) is 39.6. The summed E-state index contributed by atoms with van der Waals surface area (Å²) in [6, 6.07) is 68.6. The number of anilines is 6. The second kappa shape index (κ2) is 26.5. The molecular weight excluding hydrogens is 1370 g/mol. The molecule has 0 atom stereocenters. The minimum atomic E-state index is -0.774. The van der Waals surface area contributed by atoms with Gasteiger partial charge in [-0.2, -0.15) is 0 Å². The van der Waals surface area contributed by atoms with E-state index >= 15 is 0 Å². The molecule has 0 aliphatic carbocycles. The standard InChI is InChI=1S/C107H102BN5/c1-102(2,3)72-48-54-91-84(58-72)85-59-73(103(4,5)6)49-55-92(85)110(91)76-50-53-88-94(64-76)113(100-83(70-41-29-22-30-42-70)62-75(105(10,11)12)63-86(100)80-51-56-97(106(13,14)15)109-101(80)107(16,17)18)96-66-77(111-89-45-33-31-43-78(89)79-44-32-34-46-90(79)111)65-95-98(96)108(88)87-52-47-71(67-35-23-19-24-36-67)57-93(87)112(95)99-81(68-37-25-20-26-38-68)60-74(104(7,8)9)61-82(99)69-39-27-21-28-40-69/h19-66H,1-18H3/i19D,23D,24D,31D,32D,33D,34D,35D,36D,43D,44D,45D,46D. The van der Waals surface area contributed by atoms with Gasteiger partial charge < -0.3 is 18.9 Å². The SMILES string of the molecule is [2H]c1c([2H])c([2H])c(-c2ccc3c(c2)N(c2c(-c4ccccc4)cc(C(C)(C)C)cc2-c2ccccc2)c2cc(-n4c5c([2H])c([2H])c([2H])c([2H])c5c5c([2H])c([2H])c([2H])c([2H])c54)cc4c2B3c2ccc(-n3c5ccc(C(C)(C)C)cc5c5cc(C(C)(C)C)ccc53)cc2N4c2c(-c3ccccc3)cc(C(C)(C)C)cc2-c2ccc(C(C)(C)C)nc2C(C)(C)C)c([2H])c1[2H]. The monoisotopic (exact) mass is 1480 g/mol. The van der Waals surface area contributed by atoms with Crippen molar-refractivity contribution in [3.63, 3.8) is 0 Å². The van der Waals surface area contributed by atoms with Crippen LogP contribution in [0, 0.1) is 0 Å². The van der Waals surface area contributed by atoms with Crippen molar-refractivity contribution in [1.29, 1.82) is 0 Å². The van der Waals surface area contributed by atoms with E-state index in [1.165, 1.54) is 11.1 Å². The minimum absolute atomic E-state index is 0.0122. The van der Waals surface area contributed by atoms with Crippen molar-refractivity contribution in [2.45, 2.75) is 157 Å². The summed E-state index contributed by atoms with van der Waals surface area (Å²) < 4.78 is 130. The first-order chi connectivity index (χ1) is 59.3. The molecule has 3 aromatic heterocycles. The van der Waals surface area contributed by atoms with Crippen LogP contribution in [0.1, 0.15) is 176 Å². The molecule has 18 rings (SSSR count). The van der Waals surface area contributed by atoms with E-state index in [9.17, 15) is 16.4 Å². The Morgan fingerprint density at radius 3 is 1.16 bits per heavy atom. The molecule has 0 amide bonds. The van der Waals surface area contributed by atoms with Gasteiger partial charge in [0.1, 0.15) is 0 Å². The van der Waals surface area contributed by atoms with Gasteiger partial charge in [0.15, 0.2) is 0 Å². The zero-order valence-electron chi connectivity index (χ0n) is 81.0. The van der Waals surface area contributed by atoms with Gasteiger partial charge >= 0.3 is 0 Å². The number of pyridine rings is 1. The summed E-state index contributed by atoms with van der Waals surface area (Å²) in [6.45, 7) is 39.3. The maximum absolute atomic E-state index is 10.4. The molecular formula is C107H102BN5. The molecule has 113 heavy (non-hydrogen) atoms. The van der Waals surface area contributed by atoms with Crippen molar-refractivity contribution in [2.24, 2.45) is 0 Å². The highest BCUT2D eigenvalue weighted by molar-refractivity contribution is 7.00. The van der Waals surface area contributed by atoms with Gasteiger partial charge in [-0.3, -0.25) is 4.98 Å². The van der Waals surface area contributed by atoms with Crippen LogP contribution in [0.5, 0.6) is 0 Å². The molecule has 5 nitrogen and oxygen atoms in total. The van der Waals surface area contributed by atoms with Gasteiger partial charge in [0, 0.05) is 94.3 Å². The van der Waals surface area contributed by atoms with Crippen LogP contribution in [-0.4, -0.2) is 20.8 Å². The number of aromatic nitrogens is 3. The van der Waals surface area contributed by atoms with Gasteiger partial charge in [0.25, 0.3) is 6.71 Å². The first kappa shape index (κ1) is 59.1. The molecule has 0 saturated carbocycles. The Bertz CT molecular complexity index is 7080. The molecule has 0 fully saturated rings. The molecule has 0 radical (unpaired) electrons. The molecule has 13 aromatic carbocycles. The zero-order valence-corrected chi connectivity index (χ0v) is 68.0. The largest absolute Gasteiger partial charge is 0.310 e. The molecule has 2 aliphatic rings. The lowest BCUT2D eigenvalue weighted by Crippen LogP contribution is -2.61. The molecule has 0 unspecified atom stereocenters. The predicted octanol–water partition coefficient (Wildman–Crippen LogP) is 27.5. The van der Waals surface area contributed by atoms with Gasteiger partial charge in [0.2, 0.25) is 0 Å². The average Bonchev–Trinajstić information content (AvgIpc) is 1.03. The number of fused-ring (bicyclic) bond motifs is 10. The first-order valence-electron chi connectivity index (χ1n) is 46.1. The summed E-state index contributed by atoms with van der Waals surface area (Å²) in [5, 5.41) is 1.98.